The van der Waals surface area contributed by atoms with Crippen LogP contribution in [-0.4, -0.2) is 52.5 Å². The van der Waals surface area contributed by atoms with Crippen molar-refractivity contribution < 1.29 is 40.0 Å². The zero-order valence-corrected chi connectivity index (χ0v) is 20.6. The molecule has 0 aliphatic rings. The Hall–Kier alpha value is 0.189. The van der Waals surface area contributed by atoms with Gasteiger partial charge in [-0.15, -0.1) is 0 Å². The Morgan fingerprint density at radius 1 is 0.536 bits per heavy atom. The van der Waals surface area contributed by atoms with E-state index >= 15 is 8.78 Å². The summed E-state index contributed by atoms with van der Waals surface area (Å²) in [4.78, 5) is 0. The van der Waals surface area contributed by atoms with Crippen molar-refractivity contribution in [2.75, 3.05) is 0 Å². The molecular weight excluding hydrogens is 504 g/mol. The first-order valence-corrected chi connectivity index (χ1v) is 13.7. The summed E-state index contributed by atoms with van der Waals surface area (Å²) >= 11 is -6.62. The first-order chi connectivity index (χ1) is 11.8. The van der Waals surface area contributed by atoms with Gasteiger partial charge >= 0.3 is 168 Å². The van der Waals surface area contributed by atoms with E-state index in [1.807, 2.05) is 0 Å². The van der Waals surface area contributed by atoms with Gasteiger partial charge < -0.3 is 0 Å². The van der Waals surface area contributed by atoms with Crippen molar-refractivity contribution in [1.82, 2.24) is 0 Å². The van der Waals surface area contributed by atoms with Crippen LogP contribution in [0.25, 0.3) is 0 Å². The topological polar surface area (TPSA) is 27.7 Å². The van der Waals surface area contributed by atoms with Gasteiger partial charge in [0.25, 0.3) is 0 Å². The molecule has 0 aromatic rings. The second-order valence-electron chi connectivity index (χ2n) is 9.59. The molecule has 0 radical (unpaired) electrons. The van der Waals surface area contributed by atoms with Crippen molar-refractivity contribution in [3.05, 3.63) is 0 Å². The molecule has 0 spiro atoms. The van der Waals surface area contributed by atoms with Gasteiger partial charge in [-0.25, -0.2) is 0 Å². The molecule has 0 heterocycles. The van der Waals surface area contributed by atoms with Crippen molar-refractivity contribution in [2.24, 2.45) is 0 Å². The van der Waals surface area contributed by atoms with Crippen LogP contribution in [0.3, 0.4) is 0 Å². The van der Waals surface area contributed by atoms with E-state index in [1.54, 1.807) is 0 Å². The number of hydrogen-bond acceptors (Lipinski definition) is 3. The van der Waals surface area contributed by atoms with Gasteiger partial charge in [-0.05, 0) is 0 Å². The Balaban J connectivity index is 6.49. The standard InChI is InChI=1S/C5H4F7.3C4H9O.Sn/c6-3(7)4(8,9)1-2-5(10,11)12;3*1-4(2,3)5;/h1-2H2;3*1-3H3;/q;3*-1;+3. The summed E-state index contributed by atoms with van der Waals surface area (Å²) in [7, 11) is 0. The van der Waals surface area contributed by atoms with E-state index in [4.69, 9.17) is 9.22 Å². The normalized spacial score (nSPS) is 15.9. The fraction of sp³-hybridized carbons (Fsp3) is 1.00. The van der Waals surface area contributed by atoms with Crippen LogP contribution in [0.15, 0.2) is 0 Å². The van der Waals surface area contributed by atoms with Crippen LogP contribution < -0.4 is 0 Å². The summed E-state index contributed by atoms with van der Waals surface area (Å²) in [6.07, 6.45) is -9.19. The van der Waals surface area contributed by atoms with Crippen molar-refractivity contribution >= 4 is 19.6 Å². The van der Waals surface area contributed by atoms with Crippen LogP contribution in [0.2, 0.25) is 0 Å². The van der Waals surface area contributed by atoms with Crippen molar-refractivity contribution in [3.8, 4) is 0 Å². The molecular formula is C17H31F7O3Sn. The molecule has 0 unspecified atom stereocenters. The summed E-state index contributed by atoms with van der Waals surface area (Å²) < 4.78 is 108. The van der Waals surface area contributed by atoms with Crippen LogP contribution in [0, 0.1) is 0 Å². The van der Waals surface area contributed by atoms with E-state index in [1.165, 1.54) is 62.3 Å². The van der Waals surface area contributed by atoms with Gasteiger partial charge in [0.15, 0.2) is 0 Å². The molecule has 11 heteroatoms. The minimum atomic E-state index is -6.62. The van der Waals surface area contributed by atoms with Gasteiger partial charge in [0.2, 0.25) is 0 Å². The Bertz CT molecular complexity index is 474. The molecule has 0 aliphatic carbocycles. The van der Waals surface area contributed by atoms with Crippen LogP contribution in [-0.2, 0) is 9.22 Å². The van der Waals surface area contributed by atoms with Gasteiger partial charge in [0.05, 0.1) is 0 Å². The van der Waals surface area contributed by atoms with Gasteiger partial charge in [-0.1, -0.05) is 0 Å². The summed E-state index contributed by atoms with van der Waals surface area (Å²) in [5.74, 6) is -5.04. The second-order valence-corrected chi connectivity index (χ2v) is 16.3. The number of halogens is 7. The second kappa shape index (κ2) is 8.37. The van der Waals surface area contributed by atoms with E-state index in [-0.39, 0.29) is 0 Å². The van der Waals surface area contributed by atoms with E-state index < -0.39 is 65.3 Å². The zero-order chi connectivity index (χ0) is 23.0. The monoisotopic (exact) mass is 536 g/mol. The molecule has 28 heavy (non-hydrogen) atoms. The molecule has 0 aliphatic heterocycles. The summed E-state index contributed by atoms with van der Waals surface area (Å²) in [6, 6.07) is 0. The Labute approximate surface area is 167 Å². The van der Waals surface area contributed by atoms with E-state index in [0.29, 0.717) is 0 Å². The van der Waals surface area contributed by atoms with Gasteiger partial charge in [-0.3, -0.25) is 0 Å². The molecule has 0 saturated carbocycles. The van der Waals surface area contributed by atoms with E-state index in [9.17, 15) is 22.0 Å². The van der Waals surface area contributed by atoms with Crippen LogP contribution >= 0.6 is 0 Å². The first-order valence-electron chi connectivity index (χ1n) is 8.75. The van der Waals surface area contributed by atoms with Gasteiger partial charge in [0.1, 0.15) is 0 Å². The third kappa shape index (κ3) is 8.91. The van der Waals surface area contributed by atoms with E-state index in [2.05, 4.69) is 0 Å². The molecule has 0 rings (SSSR count). The van der Waals surface area contributed by atoms with Crippen LogP contribution in [0.4, 0.5) is 30.7 Å². The molecule has 0 fully saturated rings. The number of hydrogen-bond donors (Lipinski definition) is 0. The first kappa shape index (κ1) is 28.2. The maximum absolute atomic E-state index is 15.3. The van der Waals surface area contributed by atoms with Crippen LogP contribution in [0.1, 0.15) is 75.2 Å². The molecule has 3 nitrogen and oxygen atoms in total. The molecule has 0 N–H and O–H groups in total. The molecule has 0 saturated heterocycles. The average Bonchev–Trinajstić information content (AvgIpc) is 2.28. The number of alkyl halides is 7. The predicted molar refractivity (Wildman–Crippen MR) is 93.5 cm³/mol. The Morgan fingerprint density at radius 2 is 0.821 bits per heavy atom. The average molecular weight is 535 g/mol. The molecule has 0 atom stereocenters. The Kier molecular flexibility index (Phi) is 8.43. The maximum atomic E-state index is 15.3. The summed E-state index contributed by atoms with van der Waals surface area (Å²) in [6.45, 7) is 12.3. The predicted octanol–water partition coefficient (Wildman–Crippen LogP) is 6.52. The zero-order valence-electron chi connectivity index (χ0n) is 17.8. The molecule has 170 valence electrons. The van der Waals surface area contributed by atoms with Crippen molar-refractivity contribution in [2.45, 2.75) is 108 Å². The molecule has 0 aromatic heterocycles. The van der Waals surface area contributed by atoms with Crippen molar-refractivity contribution in [3.63, 3.8) is 0 Å². The quantitative estimate of drug-likeness (QED) is 0.275. The summed E-state index contributed by atoms with van der Waals surface area (Å²) in [5, 5.41) is 0. The van der Waals surface area contributed by atoms with Gasteiger partial charge in [-0.2, -0.15) is 0 Å². The van der Waals surface area contributed by atoms with Crippen LogP contribution in [0.5, 0.6) is 0 Å². The third-order valence-corrected chi connectivity index (χ3v) is 13.7. The fourth-order valence-electron chi connectivity index (χ4n) is 2.14. The minimum absolute atomic E-state index is 1.36. The number of rotatable bonds is 7. The fourth-order valence-corrected chi connectivity index (χ4v) is 12.1. The molecule has 0 amide bonds. The van der Waals surface area contributed by atoms with Crippen molar-refractivity contribution in [1.29, 1.82) is 0 Å². The molecule has 0 bridgehead atoms. The van der Waals surface area contributed by atoms with Gasteiger partial charge in [0, 0.05) is 0 Å². The van der Waals surface area contributed by atoms with E-state index in [0.717, 1.165) is 0 Å². The SMILES string of the molecule is CC(C)(C)[O][Sn]([O]C(C)(C)C)([O]C(C)(C)C)[C](F)(F)C(F)(F)CCC(F)(F)F. The Morgan fingerprint density at radius 3 is 1.04 bits per heavy atom. The molecule has 0 aromatic carbocycles. The summed E-state index contributed by atoms with van der Waals surface area (Å²) in [5.41, 5.74) is -4.09. The third-order valence-electron chi connectivity index (χ3n) is 2.89.